The lowest BCUT2D eigenvalue weighted by molar-refractivity contribution is 0.0663. The molecule has 0 saturated carbocycles. The van der Waals surface area contributed by atoms with Crippen LogP contribution in [0.2, 0.25) is 0 Å². The molecule has 0 unspecified atom stereocenters. The number of likely N-dealkylation sites (N-methyl/N-ethyl adjacent to an activating group) is 1. The summed E-state index contributed by atoms with van der Waals surface area (Å²) in [6, 6.07) is 6.85. The Kier molecular flexibility index (Phi) is 5.38. The van der Waals surface area contributed by atoms with Crippen LogP contribution in [0, 0.1) is 5.82 Å². The number of hydrogen-bond acceptors (Lipinski definition) is 6. The number of rotatable bonds is 3. The van der Waals surface area contributed by atoms with Crippen LogP contribution in [-0.2, 0) is 0 Å². The number of benzene rings is 1. The van der Waals surface area contributed by atoms with E-state index < -0.39 is 0 Å². The van der Waals surface area contributed by atoms with Gasteiger partial charge in [-0.3, -0.25) is 4.79 Å². The van der Waals surface area contributed by atoms with Crippen molar-refractivity contribution in [3.8, 4) is 0 Å². The molecule has 2 saturated heterocycles. The van der Waals surface area contributed by atoms with Gasteiger partial charge in [-0.05, 0) is 19.2 Å². The van der Waals surface area contributed by atoms with Gasteiger partial charge in [0.2, 0.25) is 5.95 Å². The normalized spacial score (nSPS) is 18.4. The van der Waals surface area contributed by atoms with Crippen LogP contribution < -0.4 is 9.80 Å². The second kappa shape index (κ2) is 8.10. The molecule has 7 nitrogen and oxygen atoms in total. The number of aromatic nitrogens is 2. The summed E-state index contributed by atoms with van der Waals surface area (Å²) in [5.74, 6) is 0.408. The zero-order chi connectivity index (χ0) is 19.5. The molecule has 0 bridgehead atoms. The summed E-state index contributed by atoms with van der Waals surface area (Å²) < 4.78 is 14.0. The van der Waals surface area contributed by atoms with Gasteiger partial charge < -0.3 is 19.6 Å². The minimum Gasteiger partial charge on any atom is -0.366 e. The average molecular weight is 384 g/mol. The molecule has 8 heteroatoms. The van der Waals surface area contributed by atoms with Crippen molar-refractivity contribution < 1.29 is 9.18 Å². The molecule has 3 heterocycles. The second-order valence-corrected chi connectivity index (χ2v) is 7.29. The Morgan fingerprint density at radius 1 is 0.893 bits per heavy atom. The highest BCUT2D eigenvalue weighted by Gasteiger charge is 2.23. The standard InChI is InChI=1S/C20H25FN6O/c1-24-6-8-26(9-7-24)19(28)16-14-22-20(23-15-16)27-12-10-25(11-13-27)18-5-3-2-4-17(18)21/h2-5,14-15H,6-13H2,1H3. The Balaban J connectivity index is 1.36. The molecule has 0 aliphatic carbocycles. The quantitative estimate of drug-likeness (QED) is 0.796. The van der Waals surface area contributed by atoms with E-state index in [0.29, 0.717) is 43.4 Å². The predicted octanol–water partition coefficient (Wildman–Crippen LogP) is 1.33. The molecule has 2 fully saturated rings. The van der Waals surface area contributed by atoms with Crippen molar-refractivity contribution in [2.24, 2.45) is 0 Å². The van der Waals surface area contributed by atoms with E-state index in [1.807, 2.05) is 15.9 Å². The summed E-state index contributed by atoms with van der Waals surface area (Å²) in [6.45, 7) is 6.05. The van der Waals surface area contributed by atoms with Crippen molar-refractivity contribution in [1.29, 1.82) is 0 Å². The van der Waals surface area contributed by atoms with Gasteiger partial charge in [0.25, 0.3) is 5.91 Å². The first-order chi connectivity index (χ1) is 13.6. The van der Waals surface area contributed by atoms with Crippen molar-refractivity contribution in [3.05, 3.63) is 48.0 Å². The molecule has 1 aromatic carbocycles. The van der Waals surface area contributed by atoms with Crippen LogP contribution in [0.5, 0.6) is 0 Å². The number of para-hydroxylation sites is 1. The van der Waals surface area contributed by atoms with E-state index in [-0.39, 0.29) is 11.7 Å². The number of nitrogens with zero attached hydrogens (tertiary/aromatic N) is 6. The number of piperazine rings is 2. The Labute approximate surface area is 164 Å². The molecule has 2 aliphatic heterocycles. The molecule has 28 heavy (non-hydrogen) atoms. The predicted molar refractivity (Wildman–Crippen MR) is 106 cm³/mol. The van der Waals surface area contributed by atoms with Crippen LogP contribution in [0.1, 0.15) is 10.4 Å². The Hall–Kier alpha value is -2.74. The summed E-state index contributed by atoms with van der Waals surface area (Å²) >= 11 is 0. The number of halogens is 1. The third-order valence-corrected chi connectivity index (χ3v) is 5.43. The van der Waals surface area contributed by atoms with Crippen LogP contribution in [-0.4, -0.2) is 85.1 Å². The molecule has 0 atom stereocenters. The van der Waals surface area contributed by atoms with Gasteiger partial charge in [0.15, 0.2) is 0 Å². The van der Waals surface area contributed by atoms with Crippen molar-refractivity contribution in [2.45, 2.75) is 0 Å². The first-order valence-corrected chi connectivity index (χ1v) is 9.66. The summed E-state index contributed by atoms with van der Waals surface area (Å²) in [5, 5.41) is 0. The van der Waals surface area contributed by atoms with E-state index in [0.717, 1.165) is 26.2 Å². The van der Waals surface area contributed by atoms with Crippen molar-refractivity contribution in [1.82, 2.24) is 19.8 Å². The number of hydrogen-bond donors (Lipinski definition) is 0. The molecule has 4 rings (SSSR count). The highest BCUT2D eigenvalue weighted by molar-refractivity contribution is 5.93. The largest absolute Gasteiger partial charge is 0.366 e. The third kappa shape index (κ3) is 3.91. The fourth-order valence-electron chi connectivity index (χ4n) is 3.64. The lowest BCUT2D eigenvalue weighted by Gasteiger charge is -2.36. The van der Waals surface area contributed by atoms with E-state index >= 15 is 0 Å². The molecule has 2 aromatic rings. The van der Waals surface area contributed by atoms with E-state index in [2.05, 4.69) is 26.8 Å². The molecule has 2 aliphatic rings. The molecule has 0 spiro atoms. The highest BCUT2D eigenvalue weighted by atomic mass is 19.1. The van der Waals surface area contributed by atoms with E-state index in [1.165, 1.54) is 6.07 Å². The lowest BCUT2D eigenvalue weighted by atomic mass is 10.2. The third-order valence-electron chi connectivity index (χ3n) is 5.43. The molecule has 1 amide bonds. The fourth-order valence-corrected chi connectivity index (χ4v) is 3.64. The summed E-state index contributed by atoms with van der Waals surface area (Å²) in [7, 11) is 2.06. The summed E-state index contributed by atoms with van der Waals surface area (Å²) in [5.41, 5.74) is 1.16. The molecular formula is C20H25FN6O. The van der Waals surface area contributed by atoms with Gasteiger partial charge in [0.05, 0.1) is 11.3 Å². The Morgan fingerprint density at radius 2 is 1.50 bits per heavy atom. The second-order valence-electron chi connectivity index (χ2n) is 7.29. The van der Waals surface area contributed by atoms with Gasteiger partial charge >= 0.3 is 0 Å². The molecule has 0 N–H and O–H groups in total. The zero-order valence-corrected chi connectivity index (χ0v) is 16.1. The lowest BCUT2D eigenvalue weighted by Crippen LogP contribution is -2.48. The van der Waals surface area contributed by atoms with Crippen LogP contribution in [0.4, 0.5) is 16.0 Å². The molecule has 0 radical (unpaired) electrons. The van der Waals surface area contributed by atoms with Crippen LogP contribution in [0.25, 0.3) is 0 Å². The van der Waals surface area contributed by atoms with Gasteiger partial charge in [-0.25, -0.2) is 14.4 Å². The minimum atomic E-state index is -0.195. The molecule has 1 aromatic heterocycles. The number of anilines is 2. The van der Waals surface area contributed by atoms with Gasteiger partial charge in [0.1, 0.15) is 5.82 Å². The Bertz CT molecular complexity index is 814. The van der Waals surface area contributed by atoms with Crippen molar-refractivity contribution >= 4 is 17.5 Å². The van der Waals surface area contributed by atoms with E-state index in [9.17, 15) is 9.18 Å². The number of carbonyl (C=O) groups is 1. The molecular weight excluding hydrogens is 359 g/mol. The summed E-state index contributed by atoms with van der Waals surface area (Å²) in [4.78, 5) is 29.6. The minimum absolute atomic E-state index is 0.0102. The number of carbonyl (C=O) groups excluding carboxylic acids is 1. The Morgan fingerprint density at radius 3 is 2.14 bits per heavy atom. The van der Waals surface area contributed by atoms with Crippen LogP contribution >= 0.6 is 0 Å². The van der Waals surface area contributed by atoms with Crippen molar-refractivity contribution in [3.63, 3.8) is 0 Å². The van der Waals surface area contributed by atoms with Crippen LogP contribution in [0.15, 0.2) is 36.7 Å². The number of amides is 1. The first kappa shape index (κ1) is 18.6. The van der Waals surface area contributed by atoms with Gasteiger partial charge in [-0.15, -0.1) is 0 Å². The van der Waals surface area contributed by atoms with E-state index in [1.54, 1.807) is 24.5 Å². The average Bonchev–Trinajstić information content (AvgIpc) is 2.74. The summed E-state index contributed by atoms with van der Waals surface area (Å²) in [6.07, 6.45) is 3.23. The maximum Gasteiger partial charge on any atom is 0.257 e. The highest BCUT2D eigenvalue weighted by Crippen LogP contribution is 2.21. The van der Waals surface area contributed by atoms with Gasteiger partial charge in [-0.2, -0.15) is 0 Å². The van der Waals surface area contributed by atoms with Crippen LogP contribution in [0.3, 0.4) is 0 Å². The topological polar surface area (TPSA) is 55.8 Å². The maximum atomic E-state index is 14.0. The van der Waals surface area contributed by atoms with Crippen molar-refractivity contribution in [2.75, 3.05) is 69.2 Å². The van der Waals surface area contributed by atoms with Gasteiger partial charge in [-0.1, -0.05) is 12.1 Å². The molecule has 148 valence electrons. The smallest absolute Gasteiger partial charge is 0.257 e. The van der Waals surface area contributed by atoms with Gasteiger partial charge in [0, 0.05) is 64.8 Å². The monoisotopic (exact) mass is 384 g/mol. The first-order valence-electron chi connectivity index (χ1n) is 9.66. The zero-order valence-electron chi connectivity index (χ0n) is 16.1. The SMILES string of the molecule is CN1CCN(C(=O)c2cnc(N3CCN(c4ccccc4F)CC3)nc2)CC1. The fraction of sp³-hybridized carbons (Fsp3) is 0.450. The van der Waals surface area contributed by atoms with E-state index in [4.69, 9.17) is 0 Å². The maximum absolute atomic E-state index is 14.0.